The molecule has 1 aliphatic carbocycles. The van der Waals surface area contributed by atoms with E-state index < -0.39 is 0 Å². The SMILES string of the molecule is Cc1ccc(C[C@@H]2CCCN(C(=O)c3cnc(C4CC4)nc3)C2)cn1. The third-order valence-corrected chi connectivity index (χ3v) is 5.16. The van der Waals surface area contributed by atoms with E-state index in [0.717, 1.165) is 43.9 Å². The number of nitrogens with zero attached hydrogens (tertiary/aromatic N) is 4. The third-order valence-electron chi connectivity index (χ3n) is 5.16. The van der Waals surface area contributed by atoms with Gasteiger partial charge in [0.25, 0.3) is 5.91 Å². The van der Waals surface area contributed by atoms with Crippen LogP contribution in [0.5, 0.6) is 0 Å². The molecule has 1 saturated heterocycles. The van der Waals surface area contributed by atoms with Gasteiger partial charge in [0, 0.05) is 43.3 Å². The summed E-state index contributed by atoms with van der Waals surface area (Å²) in [4.78, 5) is 27.9. The van der Waals surface area contributed by atoms with Gasteiger partial charge >= 0.3 is 0 Å². The molecule has 3 heterocycles. The number of hydrogen-bond donors (Lipinski definition) is 0. The van der Waals surface area contributed by atoms with E-state index in [9.17, 15) is 4.79 Å². The molecule has 2 aromatic heterocycles. The van der Waals surface area contributed by atoms with Crippen molar-refractivity contribution in [2.75, 3.05) is 13.1 Å². The normalized spacial score (nSPS) is 20.5. The van der Waals surface area contributed by atoms with Gasteiger partial charge in [0.15, 0.2) is 0 Å². The fraction of sp³-hybridized carbons (Fsp3) is 0.500. The summed E-state index contributed by atoms with van der Waals surface area (Å²) >= 11 is 0. The summed E-state index contributed by atoms with van der Waals surface area (Å²) in [7, 11) is 0. The molecular formula is C20H24N4O. The van der Waals surface area contributed by atoms with Gasteiger partial charge in [-0.15, -0.1) is 0 Å². The highest BCUT2D eigenvalue weighted by Crippen LogP contribution is 2.37. The summed E-state index contributed by atoms with van der Waals surface area (Å²) in [5, 5.41) is 0. The molecule has 1 atom stereocenters. The van der Waals surface area contributed by atoms with Crippen LogP contribution in [-0.2, 0) is 6.42 Å². The van der Waals surface area contributed by atoms with Crippen LogP contribution in [0, 0.1) is 12.8 Å². The minimum Gasteiger partial charge on any atom is -0.338 e. The molecule has 2 aliphatic rings. The van der Waals surface area contributed by atoms with Gasteiger partial charge in [-0.3, -0.25) is 9.78 Å². The molecule has 0 aromatic carbocycles. The van der Waals surface area contributed by atoms with Crippen molar-refractivity contribution in [3.63, 3.8) is 0 Å². The molecule has 0 radical (unpaired) electrons. The van der Waals surface area contributed by atoms with Crippen molar-refractivity contribution >= 4 is 5.91 Å². The van der Waals surface area contributed by atoms with E-state index in [-0.39, 0.29) is 5.91 Å². The topological polar surface area (TPSA) is 59.0 Å². The van der Waals surface area contributed by atoms with Crippen LogP contribution in [0.2, 0.25) is 0 Å². The van der Waals surface area contributed by atoms with Crippen molar-refractivity contribution in [2.24, 2.45) is 5.92 Å². The fourth-order valence-corrected chi connectivity index (χ4v) is 3.55. The van der Waals surface area contributed by atoms with Gasteiger partial charge in [-0.05, 0) is 56.6 Å². The number of carbonyl (C=O) groups is 1. The zero-order chi connectivity index (χ0) is 17.2. The molecular weight excluding hydrogens is 312 g/mol. The molecule has 1 aliphatic heterocycles. The Labute approximate surface area is 148 Å². The van der Waals surface area contributed by atoms with Crippen LogP contribution in [0.1, 0.15) is 59.0 Å². The molecule has 0 N–H and O–H groups in total. The number of carbonyl (C=O) groups excluding carboxylic acids is 1. The first-order valence-corrected chi connectivity index (χ1v) is 9.22. The summed E-state index contributed by atoms with van der Waals surface area (Å²) in [6, 6.07) is 4.20. The van der Waals surface area contributed by atoms with E-state index in [1.165, 1.54) is 18.4 Å². The Bertz CT molecular complexity index is 737. The van der Waals surface area contributed by atoms with Crippen molar-refractivity contribution < 1.29 is 4.79 Å². The van der Waals surface area contributed by atoms with E-state index in [1.807, 2.05) is 18.0 Å². The van der Waals surface area contributed by atoms with Crippen LogP contribution >= 0.6 is 0 Å². The average molecular weight is 336 g/mol. The molecule has 1 amide bonds. The number of pyridine rings is 1. The largest absolute Gasteiger partial charge is 0.338 e. The van der Waals surface area contributed by atoms with Gasteiger partial charge in [0.1, 0.15) is 5.82 Å². The Kier molecular flexibility index (Phi) is 4.47. The summed E-state index contributed by atoms with van der Waals surface area (Å²) < 4.78 is 0. The Morgan fingerprint density at radius 3 is 2.60 bits per heavy atom. The van der Waals surface area contributed by atoms with Gasteiger partial charge in [-0.1, -0.05) is 6.07 Å². The number of amides is 1. The average Bonchev–Trinajstić information content (AvgIpc) is 3.49. The van der Waals surface area contributed by atoms with Crippen LogP contribution in [-0.4, -0.2) is 38.8 Å². The lowest BCUT2D eigenvalue weighted by Gasteiger charge is -2.32. The molecule has 2 fully saturated rings. The molecule has 2 aromatic rings. The second-order valence-corrected chi connectivity index (χ2v) is 7.38. The summed E-state index contributed by atoms with van der Waals surface area (Å²) in [6.45, 7) is 3.63. The van der Waals surface area contributed by atoms with Gasteiger partial charge in [0.2, 0.25) is 0 Å². The lowest BCUT2D eigenvalue weighted by atomic mass is 9.91. The maximum atomic E-state index is 12.8. The minimum atomic E-state index is 0.0640. The molecule has 25 heavy (non-hydrogen) atoms. The Morgan fingerprint density at radius 2 is 1.92 bits per heavy atom. The van der Waals surface area contributed by atoms with Crippen molar-refractivity contribution in [1.29, 1.82) is 0 Å². The van der Waals surface area contributed by atoms with Crippen molar-refractivity contribution in [3.05, 3.63) is 53.4 Å². The molecule has 0 spiro atoms. The van der Waals surface area contributed by atoms with Crippen molar-refractivity contribution in [2.45, 2.75) is 44.9 Å². The van der Waals surface area contributed by atoms with Gasteiger partial charge in [-0.2, -0.15) is 0 Å². The van der Waals surface area contributed by atoms with E-state index in [0.29, 0.717) is 17.4 Å². The second kappa shape index (κ2) is 6.90. The predicted molar refractivity (Wildman–Crippen MR) is 95.3 cm³/mol. The second-order valence-electron chi connectivity index (χ2n) is 7.38. The lowest BCUT2D eigenvalue weighted by molar-refractivity contribution is 0.0672. The molecule has 5 heteroatoms. The quantitative estimate of drug-likeness (QED) is 0.860. The first-order chi connectivity index (χ1) is 12.2. The van der Waals surface area contributed by atoms with Crippen LogP contribution in [0.3, 0.4) is 0 Å². The van der Waals surface area contributed by atoms with Gasteiger partial charge < -0.3 is 4.90 Å². The highest BCUT2D eigenvalue weighted by molar-refractivity contribution is 5.93. The molecule has 5 nitrogen and oxygen atoms in total. The van der Waals surface area contributed by atoms with Crippen molar-refractivity contribution in [1.82, 2.24) is 19.9 Å². The lowest BCUT2D eigenvalue weighted by Crippen LogP contribution is -2.40. The predicted octanol–water partition coefficient (Wildman–Crippen LogP) is 3.15. The molecule has 4 rings (SSSR count). The smallest absolute Gasteiger partial charge is 0.256 e. The third kappa shape index (κ3) is 3.86. The Morgan fingerprint density at radius 1 is 1.12 bits per heavy atom. The highest BCUT2D eigenvalue weighted by atomic mass is 16.2. The fourth-order valence-electron chi connectivity index (χ4n) is 3.55. The molecule has 0 unspecified atom stereocenters. The number of hydrogen-bond acceptors (Lipinski definition) is 4. The van der Waals surface area contributed by atoms with E-state index in [1.54, 1.807) is 12.4 Å². The molecule has 130 valence electrons. The van der Waals surface area contributed by atoms with Crippen LogP contribution in [0.15, 0.2) is 30.7 Å². The minimum absolute atomic E-state index is 0.0640. The summed E-state index contributed by atoms with van der Waals surface area (Å²) in [5.74, 6) is 1.97. The highest BCUT2D eigenvalue weighted by Gasteiger charge is 2.28. The summed E-state index contributed by atoms with van der Waals surface area (Å²) in [6.07, 6.45) is 10.9. The zero-order valence-electron chi connectivity index (χ0n) is 14.7. The maximum Gasteiger partial charge on any atom is 0.256 e. The standard InChI is InChI=1S/C20H24N4O/c1-14-4-5-15(10-21-14)9-16-3-2-8-24(13-16)20(25)18-11-22-19(23-12-18)17-6-7-17/h4-5,10-12,16-17H,2-3,6-9,13H2,1H3/t16-/m0/s1. The summed E-state index contributed by atoms with van der Waals surface area (Å²) in [5.41, 5.74) is 2.91. The number of aromatic nitrogens is 3. The first-order valence-electron chi connectivity index (χ1n) is 9.22. The zero-order valence-corrected chi connectivity index (χ0v) is 14.7. The number of piperidine rings is 1. The van der Waals surface area contributed by atoms with E-state index in [4.69, 9.17) is 0 Å². The number of likely N-dealkylation sites (tertiary alicyclic amines) is 1. The Hall–Kier alpha value is -2.30. The van der Waals surface area contributed by atoms with Crippen LogP contribution in [0.4, 0.5) is 0 Å². The first kappa shape index (κ1) is 16.2. The van der Waals surface area contributed by atoms with Gasteiger partial charge in [-0.25, -0.2) is 9.97 Å². The molecule has 0 bridgehead atoms. The van der Waals surface area contributed by atoms with E-state index >= 15 is 0 Å². The monoisotopic (exact) mass is 336 g/mol. The van der Waals surface area contributed by atoms with E-state index in [2.05, 4.69) is 27.1 Å². The van der Waals surface area contributed by atoms with Crippen molar-refractivity contribution in [3.8, 4) is 0 Å². The Balaban J connectivity index is 1.39. The maximum absolute atomic E-state index is 12.8. The molecule has 1 saturated carbocycles. The number of aryl methyl sites for hydroxylation is 1. The van der Waals surface area contributed by atoms with Crippen LogP contribution in [0.25, 0.3) is 0 Å². The number of rotatable bonds is 4. The van der Waals surface area contributed by atoms with Gasteiger partial charge in [0.05, 0.1) is 5.56 Å². The van der Waals surface area contributed by atoms with Crippen LogP contribution < -0.4 is 0 Å².